The number of phosphoric acid groups is 2. The van der Waals surface area contributed by atoms with Crippen molar-refractivity contribution in [2.75, 3.05) is 39.6 Å². The largest absolute Gasteiger partial charge is 0.472 e. The predicted molar refractivity (Wildman–Crippen MR) is 423 cm³/mol. The van der Waals surface area contributed by atoms with Crippen molar-refractivity contribution in [2.24, 2.45) is 5.92 Å². The van der Waals surface area contributed by atoms with Gasteiger partial charge in [0.15, 0.2) is 12.2 Å². The number of phosphoric ester groups is 2. The molecule has 0 fully saturated rings. The zero-order valence-corrected chi connectivity index (χ0v) is 69.3. The zero-order valence-electron chi connectivity index (χ0n) is 67.5. The molecule has 0 aromatic heterocycles. The number of aliphatic hydroxyl groups is 1. The maximum Gasteiger partial charge on any atom is 0.472 e. The third-order valence-corrected chi connectivity index (χ3v) is 22.0. The van der Waals surface area contributed by atoms with E-state index in [0.29, 0.717) is 25.7 Å². The molecule has 0 saturated heterocycles. The van der Waals surface area contributed by atoms with Gasteiger partial charge in [0.05, 0.1) is 26.4 Å². The summed E-state index contributed by atoms with van der Waals surface area (Å²) in [5.41, 5.74) is 0. The molecule has 0 spiro atoms. The molecule has 612 valence electrons. The Morgan fingerprint density at radius 3 is 0.689 bits per heavy atom. The lowest BCUT2D eigenvalue weighted by atomic mass is 9.99. The minimum atomic E-state index is -4.96. The summed E-state index contributed by atoms with van der Waals surface area (Å²) in [6, 6.07) is 0. The summed E-state index contributed by atoms with van der Waals surface area (Å²) in [5, 5.41) is 10.6. The molecule has 3 unspecified atom stereocenters. The monoisotopic (exact) mass is 1510 g/mol. The number of esters is 4. The Bertz CT molecular complexity index is 1960. The first kappa shape index (κ1) is 101. The SMILES string of the molecule is CCCCCCCCCCCCCCCCCCCCC(=O)OC[C@H](COP(=O)(O)OC[C@@H](O)COP(=O)(O)OC[C@@H](COC(=O)CCCCCCCCCC)OC(=O)CCCCCCCCCCCCCCCCC)OC(=O)CCCCCCCCCCCCCCCCCCCCC(C)CC. The molecule has 6 atom stereocenters. The Morgan fingerprint density at radius 2 is 0.466 bits per heavy atom. The van der Waals surface area contributed by atoms with Crippen molar-refractivity contribution < 1.29 is 80.2 Å². The van der Waals surface area contributed by atoms with Crippen LogP contribution in [0, 0.1) is 5.92 Å². The van der Waals surface area contributed by atoms with Crippen molar-refractivity contribution >= 4 is 39.5 Å². The first-order valence-electron chi connectivity index (χ1n) is 43.7. The first-order chi connectivity index (χ1) is 50.1. The number of hydrogen-bond acceptors (Lipinski definition) is 15. The standard InChI is InChI=1S/C84H164O17P2/c1-6-10-13-16-19-22-24-26-28-29-33-37-40-44-48-53-58-63-68-82(87)95-74-80(101-84(89)70-65-60-55-50-46-42-38-34-31-30-32-36-39-43-47-51-56-61-66-77(5)9-4)76-99-103(92,93)97-72-78(85)71-96-102(90,91)98-75-79(73-94-81(86)67-62-57-52-21-18-15-12-8-3)100-83(88)69-64-59-54-49-45-41-35-27-25-23-20-17-14-11-7-2/h77-80,85H,6-76H2,1-5H3,(H,90,91)(H,92,93)/t77?,78-,79+,80+/m0/s1. The predicted octanol–water partition coefficient (Wildman–Crippen LogP) is 25.6. The number of carbonyl (C=O) groups excluding carboxylic acids is 4. The van der Waals surface area contributed by atoms with E-state index in [1.54, 1.807) is 0 Å². The highest BCUT2D eigenvalue weighted by Gasteiger charge is 2.30. The summed E-state index contributed by atoms with van der Waals surface area (Å²) in [4.78, 5) is 73.0. The van der Waals surface area contributed by atoms with Crippen molar-refractivity contribution in [1.29, 1.82) is 0 Å². The fourth-order valence-corrected chi connectivity index (χ4v) is 14.7. The number of aliphatic hydroxyl groups excluding tert-OH is 1. The van der Waals surface area contributed by atoms with E-state index < -0.39 is 97.5 Å². The molecule has 0 heterocycles. The van der Waals surface area contributed by atoms with Crippen LogP contribution in [-0.2, 0) is 65.4 Å². The maximum atomic E-state index is 13.1. The number of rotatable bonds is 84. The van der Waals surface area contributed by atoms with Gasteiger partial charge in [0, 0.05) is 25.7 Å². The van der Waals surface area contributed by atoms with Crippen molar-refractivity contribution in [3.63, 3.8) is 0 Å². The van der Waals surface area contributed by atoms with Crippen LogP contribution in [0.2, 0.25) is 0 Å². The first-order valence-corrected chi connectivity index (χ1v) is 46.7. The van der Waals surface area contributed by atoms with Gasteiger partial charge in [-0.25, -0.2) is 9.13 Å². The molecule has 0 aliphatic heterocycles. The molecular formula is C84H164O17P2. The van der Waals surface area contributed by atoms with Crippen molar-refractivity contribution in [3.05, 3.63) is 0 Å². The lowest BCUT2D eigenvalue weighted by molar-refractivity contribution is -0.161. The van der Waals surface area contributed by atoms with E-state index in [1.165, 1.54) is 276 Å². The molecule has 3 N–H and O–H groups in total. The second-order valence-electron chi connectivity index (χ2n) is 30.5. The fourth-order valence-electron chi connectivity index (χ4n) is 13.1. The second-order valence-corrected chi connectivity index (χ2v) is 33.4. The average Bonchev–Trinajstić information content (AvgIpc) is 0.936. The van der Waals surface area contributed by atoms with E-state index >= 15 is 0 Å². The highest BCUT2D eigenvalue weighted by Crippen LogP contribution is 2.45. The van der Waals surface area contributed by atoms with Gasteiger partial charge in [0.25, 0.3) is 0 Å². The van der Waals surface area contributed by atoms with E-state index in [-0.39, 0.29) is 25.7 Å². The number of hydrogen-bond donors (Lipinski definition) is 3. The summed E-state index contributed by atoms with van der Waals surface area (Å²) in [6.07, 6.45) is 69.5. The normalized spacial score (nSPS) is 14.1. The van der Waals surface area contributed by atoms with Crippen LogP contribution in [0.25, 0.3) is 0 Å². The Balaban J connectivity index is 5.18. The van der Waals surface area contributed by atoms with Crippen LogP contribution in [0.5, 0.6) is 0 Å². The number of unbranched alkanes of at least 4 members (excludes halogenated alkanes) is 55. The van der Waals surface area contributed by atoms with Crippen LogP contribution in [0.15, 0.2) is 0 Å². The minimum absolute atomic E-state index is 0.108. The van der Waals surface area contributed by atoms with Gasteiger partial charge in [0.1, 0.15) is 19.3 Å². The van der Waals surface area contributed by atoms with Crippen LogP contribution in [-0.4, -0.2) is 96.7 Å². The Hall–Kier alpha value is -1.94. The molecule has 0 aliphatic carbocycles. The topological polar surface area (TPSA) is 237 Å². The highest BCUT2D eigenvalue weighted by molar-refractivity contribution is 7.47. The number of carbonyl (C=O) groups is 4. The molecule has 0 radical (unpaired) electrons. The van der Waals surface area contributed by atoms with E-state index in [4.69, 9.17) is 37.0 Å². The maximum absolute atomic E-state index is 13.1. The van der Waals surface area contributed by atoms with Crippen molar-refractivity contribution in [2.45, 2.75) is 470 Å². The van der Waals surface area contributed by atoms with Crippen LogP contribution in [0.1, 0.15) is 452 Å². The van der Waals surface area contributed by atoms with Crippen molar-refractivity contribution in [1.82, 2.24) is 0 Å². The third-order valence-electron chi connectivity index (χ3n) is 20.1. The smallest absolute Gasteiger partial charge is 0.462 e. The van der Waals surface area contributed by atoms with E-state index in [1.807, 2.05) is 0 Å². The molecule has 0 saturated carbocycles. The lowest BCUT2D eigenvalue weighted by Gasteiger charge is -2.21. The summed E-state index contributed by atoms with van der Waals surface area (Å²) in [7, 11) is -9.92. The third kappa shape index (κ3) is 76.6. The molecule has 0 aliphatic rings. The van der Waals surface area contributed by atoms with Crippen LogP contribution >= 0.6 is 15.6 Å². The molecule has 0 aromatic carbocycles. The minimum Gasteiger partial charge on any atom is -0.462 e. The zero-order chi connectivity index (χ0) is 75.5. The van der Waals surface area contributed by atoms with Gasteiger partial charge in [0.2, 0.25) is 0 Å². The van der Waals surface area contributed by atoms with Gasteiger partial charge in [-0.3, -0.25) is 37.3 Å². The van der Waals surface area contributed by atoms with Gasteiger partial charge < -0.3 is 33.8 Å². The molecule has 0 amide bonds. The van der Waals surface area contributed by atoms with Crippen LogP contribution in [0.3, 0.4) is 0 Å². The fraction of sp³-hybridized carbons (Fsp3) is 0.952. The van der Waals surface area contributed by atoms with Gasteiger partial charge in [-0.15, -0.1) is 0 Å². The molecule has 0 rings (SSSR count). The Morgan fingerprint density at radius 1 is 0.272 bits per heavy atom. The Kier molecular flexibility index (Phi) is 75.4. The summed E-state index contributed by atoms with van der Waals surface area (Å²) < 4.78 is 68.7. The van der Waals surface area contributed by atoms with Crippen molar-refractivity contribution in [3.8, 4) is 0 Å². The average molecular weight is 1510 g/mol. The molecular weight excluding hydrogens is 1340 g/mol. The quantitative estimate of drug-likeness (QED) is 0.0222. The van der Waals surface area contributed by atoms with E-state index in [9.17, 15) is 43.2 Å². The van der Waals surface area contributed by atoms with Crippen LogP contribution < -0.4 is 0 Å². The van der Waals surface area contributed by atoms with Gasteiger partial charge >= 0.3 is 39.5 Å². The molecule has 103 heavy (non-hydrogen) atoms. The molecule has 0 aromatic rings. The second kappa shape index (κ2) is 76.8. The van der Waals surface area contributed by atoms with Crippen LogP contribution in [0.4, 0.5) is 0 Å². The number of ether oxygens (including phenoxy) is 4. The van der Waals surface area contributed by atoms with Gasteiger partial charge in [-0.05, 0) is 31.6 Å². The van der Waals surface area contributed by atoms with Gasteiger partial charge in [-0.1, -0.05) is 401 Å². The van der Waals surface area contributed by atoms with E-state index in [0.717, 1.165) is 95.8 Å². The molecule has 19 heteroatoms. The summed E-state index contributed by atoms with van der Waals surface area (Å²) >= 11 is 0. The van der Waals surface area contributed by atoms with E-state index in [2.05, 4.69) is 34.6 Å². The summed E-state index contributed by atoms with van der Waals surface area (Å²) in [5.74, 6) is -1.23. The summed E-state index contributed by atoms with van der Waals surface area (Å²) in [6.45, 7) is 7.39. The Labute approximate surface area is 632 Å². The molecule has 17 nitrogen and oxygen atoms in total. The highest BCUT2D eigenvalue weighted by atomic mass is 31.2. The lowest BCUT2D eigenvalue weighted by Crippen LogP contribution is -2.30. The van der Waals surface area contributed by atoms with Gasteiger partial charge in [-0.2, -0.15) is 0 Å². The molecule has 0 bridgehead atoms.